The number of nitrogens with one attached hydrogen (secondary N) is 1. The van der Waals surface area contributed by atoms with Crippen molar-refractivity contribution >= 4 is 5.91 Å². The highest BCUT2D eigenvalue weighted by Gasteiger charge is 2.28. The fraction of sp³-hybridized carbons (Fsp3) is 0.945. The van der Waals surface area contributed by atoms with Gasteiger partial charge in [-0.1, -0.05) is 276 Å². The van der Waals surface area contributed by atoms with Crippen LogP contribution in [0.5, 0.6) is 0 Å². The predicted octanol–water partition coefficient (Wildman–Crippen LogP) is 15.7. The van der Waals surface area contributed by atoms with Gasteiger partial charge in [0.15, 0.2) is 0 Å². The predicted molar refractivity (Wildman–Crippen MR) is 265 cm³/mol. The van der Waals surface area contributed by atoms with Gasteiger partial charge in [-0.15, -0.1) is 0 Å². The van der Waals surface area contributed by atoms with Crippen LogP contribution in [0.2, 0.25) is 0 Å². The highest BCUT2D eigenvalue weighted by atomic mass is 16.3. The van der Waals surface area contributed by atoms with Crippen LogP contribution >= 0.6 is 0 Å². The number of carbonyl (C=O) groups excluding carboxylic acids is 1. The highest BCUT2D eigenvalue weighted by molar-refractivity contribution is 5.80. The number of aliphatic hydroxyl groups is 4. The molecule has 4 atom stereocenters. The molecule has 5 N–H and O–H groups in total. The first-order chi connectivity index (χ1) is 30.0. The van der Waals surface area contributed by atoms with E-state index in [4.69, 9.17) is 0 Å². The molecule has 0 aliphatic heterocycles. The van der Waals surface area contributed by atoms with Crippen molar-refractivity contribution in [3.8, 4) is 0 Å². The molecule has 0 aliphatic rings. The Labute approximate surface area is 381 Å². The van der Waals surface area contributed by atoms with Crippen LogP contribution in [0, 0.1) is 0 Å². The molecule has 61 heavy (non-hydrogen) atoms. The Balaban J connectivity index is 3.54. The van der Waals surface area contributed by atoms with E-state index in [1.54, 1.807) is 0 Å². The van der Waals surface area contributed by atoms with Crippen molar-refractivity contribution in [2.24, 2.45) is 0 Å². The molecule has 0 heterocycles. The van der Waals surface area contributed by atoms with Crippen LogP contribution in [0.1, 0.15) is 303 Å². The van der Waals surface area contributed by atoms with Gasteiger partial charge in [0.25, 0.3) is 0 Å². The molecular formula is C55H109NO5. The van der Waals surface area contributed by atoms with Crippen molar-refractivity contribution < 1.29 is 25.2 Å². The lowest BCUT2D eigenvalue weighted by molar-refractivity contribution is -0.132. The average Bonchev–Trinajstić information content (AvgIpc) is 3.26. The van der Waals surface area contributed by atoms with Gasteiger partial charge in [0.2, 0.25) is 5.91 Å². The van der Waals surface area contributed by atoms with Crippen molar-refractivity contribution in [1.29, 1.82) is 0 Å². The van der Waals surface area contributed by atoms with Gasteiger partial charge < -0.3 is 25.7 Å². The zero-order chi connectivity index (χ0) is 44.5. The summed E-state index contributed by atoms with van der Waals surface area (Å²) in [6, 6.07) is -0.981. The summed E-state index contributed by atoms with van der Waals surface area (Å²) in [7, 11) is 0. The van der Waals surface area contributed by atoms with Crippen molar-refractivity contribution in [2.75, 3.05) is 6.61 Å². The lowest BCUT2D eigenvalue weighted by Crippen LogP contribution is -2.53. The van der Waals surface area contributed by atoms with E-state index < -0.39 is 36.9 Å². The zero-order valence-corrected chi connectivity index (χ0v) is 41.2. The second-order valence-electron chi connectivity index (χ2n) is 19.3. The van der Waals surface area contributed by atoms with Crippen LogP contribution in [0.3, 0.4) is 0 Å². The second-order valence-corrected chi connectivity index (χ2v) is 19.3. The minimum Gasteiger partial charge on any atom is -0.394 e. The minimum absolute atomic E-state index is 0.374. The van der Waals surface area contributed by atoms with Gasteiger partial charge in [0, 0.05) is 0 Å². The van der Waals surface area contributed by atoms with Crippen LogP contribution < -0.4 is 5.32 Å². The Morgan fingerprint density at radius 3 is 0.951 bits per heavy atom. The van der Waals surface area contributed by atoms with E-state index >= 15 is 0 Å². The first-order valence-corrected chi connectivity index (χ1v) is 27.6. The van der Waals surface area contributed by atoms with E-state index in [0.717, 1.165) is 38.5 Å². The molecule has 0 aromatic heterocycles. The van der Waals surface area contributed by atoms with E-state index in [0.29, 0.717) is 12.8 Å². The quantitative estimate of drug-likeness (QED) is 0.0309. The fourth-order valence-corrected chi connectivity index (χ4v) is 8.87. The maximum Gasteiger partial charge on any atom is 0.249 e. The van der Waals surface area contributed by atoms with Crippen LogP contribution in [0.25, 0.3) is 0 Å². The Morgan fingerprint density at radius 2 is 0.656 bits per heavy atom. The number of unbranched alkanes of at least 4 members (excludes halogenated alkanes) is 40. The molecule has 0 aromatic carbocycles. The summed E-state index contributed by atoms with van der Waals surface area (Å²) in [5.74, 6) is -0.579. The summed E-state index contributed by atoms with van der Waals surface area (Å²) < 4.78 is 0. The molecule has 0 saturated heterocycles. The number of carbonyl (C=O) groups is 1. The van der Waals surface area contributed by atoms with E-state index in [9.17, 15) is 25.2 Å². The summed E-state index contributed by atoms with van der Waals surface area (Å²) >= 11 is 0. The molecule has 0 spiro atoms. The molecule has 0 radical (unpaired) electrons. The standard InChI is InChI=1S/C55H109NO5/c1-3-5-7-9-11-13-15-17-18-19-20-21-22-23-24-25-26-27-28-29-30-31-32-33-34-35-37-39-41-43-45-47-49-53(59)55(61)56-51(50-57)54(60)52(58)48-46-44-42-40-38-36-16-14-12-10-8-6-4-2/h23-24,51-54,57-60H,3-22,25-50H2,1-2H3,(H,56,61)/b24-23-. The summed E-state index contributed by atoms with van der Waals surface area (Å²) in [6.07, 6.45) is 58.6. The topological polar surface area (TPSA) is 110 Å². The summed E-state index contributed by atoms with van der Waals surface area (Å²) in [4.78, 5) is 12.6. The van der Waals surface area contributed by atoms with E-state index in [-0.39, 0.29) is 0 Å². The molecule has 0 bridgehead atoms. The first-order valence-electron chi connectivity index (χ1n) is 27.6. The molecule has 0 aliphatic carbocycles. The third-order valence-corrected chi connectivity index (χ3v) is 13.2. The van der Waals surface area contributed by atoms with Crippen molar-refractivity contribution in [3.63, 3.8) is 0 Å². The molecule has 0 aromatic rings. The molecule has 4 unspecified atom stereocenters. The van der Waals surface area contributed by atoms with Gasteiger partial charge in [-0.3, -0.25) is 4.79 Å². The van der Waals surface area contributed by atoms with E-state index in [1.807, 2.05) is 0 Å². The monoisotopic (exact) mass is 864 g/mol. The average molecular weight is 864 g/mol. The number of aliphatic hydroxyl groups excluding tert-OH is 4. The van der Waals surface area contributed by atoms with E-state index in [2.05, 4.69) is 31.3 Å². The second kappa shape index (κ2) is 50.1. The normalized spacial score (nSPS) is 13.9. The maximum atomic E-state index is 12.6. The van der Waals surface area contributed by atoms with Gasteiger partial charge in [-0.25, -0.2) is 0 Å². The number of hydrogen-bond acceptors (Lipinski definition) is 5. The van der Waals surface area contributed by atoms with Crippen LogP contribution in [0.15, 0.2) is 12.2 Å². The third kappa shape index (κ3) is 44.1. The Hall–Kier alpha value is -0.950. The molecule has 364 valence electrons. The largest absolute Gasteiger partial charge is 0.394 e. The molecule has 6 heteroatoms. The first kappa shape index (κ1) is 60.1. The SMILES string of the molecule is CCCCCCCCCCCCCC/C=C\CCCCCCCCCCCCCCCCCCC(O)C(=O)NC(CO)C(O)C(O)CCCCCCCCCCCCCCC. The molecule has 0 saturated carbocycles. The van der Waals surface area contributed by atoms with Crippen LogP contribution in [-0.4, -0.2) is 57.3 Å². The van der Waals surface area contributed by atoms with Crippen LogP contribution in [-0.2, 0) is 4.79 Å². The van der Waals surface area contributed by atoms with Gasteiger partial charge in [-0.05, 0) is 38.5 Å². The lowest BCUT2D eigenvalue weighted by Gasteiger charge is -2.27. The summed E-state index contributed by atoms with van der Waals surface area (Å²) in [5, 5.41) is 43.8. The number of rotatable bonds is 51. The van der Waals surface area contributed by atoms with Crippen molar-refractivity contribution in [2.45, 2.75) is 327 Å². The number of allylic oxidation sites excluding steroid dienone is 2. The Morgan fingerprint density at radius 1 is 0.393 bits per heavy atom. The molecule has 0 rings (SSSR count). The van der Waals surface area contributed by atoms with E-state index in [1.165, 1.54) is 238 Å². The van der Waals surface area contributed by atoms with Gasteiger partial charge >= 0.3 is 0 Å². The van der Waals surface area contributed by atoms with Gasteiger partial charge in [0.1, 0.15) is 12.2 Å². The molecule has 0 fully saturated rings. The number of hydrogen-bond donors (Lipinski definition) is 5. The highest BCUT2D eigenvalue weighted by Crippen LogP contribution is 2.18. The lowest BCUT2D eigenvalue weighted by atomic mass is 9.99. The zero-order valence-electron chi connectivity index (χ0n) is 41.2. The number of amides is 1. The van der Waals surface area contributed by atoms with Gasteiger partial charge in [0.05, 0.1) is 18.8 Å². The maximum absolute atomic E-state index is 12.6. The summed E-state index contributed by atoms with van der Waals surface area (Å²) in [6.45, 7) is 4.07. The minimum atomic E-state index is -1.25. The third-order valence-electron chi connectivity index (χ3n) is 13.2. The Bertz CT molecular complexity index is 882. The van der Waals surface area contributed by atoms with Crippen molar-refractivity contribution in [1.82, 2.24) is 5.32 Å². The van der Waals surface area contributed by atoms with Crippen LogP contribution in [0.4, 0.5) is 0 Å². The van der Waals surface area contributed by atoms with Crippen molar-refractivity contribution in [3.05, 3.63) is 12.2 Å². The van der Waals surface area contributed by atoms with Gasteiger partial charge in [-0.2, -0.15) is 0 Å². The smallest absolute Gasteiger partial charge is 0.249 e. The molecule has 1 amide bonds. The Kier molecular flexibility index (Phi) is 49.3. The summed E-state index contributed by atoms with van der Waals surface area (Å²) in [5.41, 5.74) is 0. The molecule has 6 nitrogen and oxygen atoms in total. The molecular weight excluding hydrogens is 755 g/mol. The fourth-order valence-electron chi connectivity index (χ4n) is 8.87.